The van der Waals surface area contributed by atoms with Crippen molar-refractivity contribution in [1.29, 1.82) is 0 Å². The molecule has 2 aliphatic rings. The molecule has 1 unspecified atom stereocenters. The number of rotatable bonds is 5. The minimum Gasteiger partial charge on any atom is -0.462 e. The Hall–Kier alpha value is -1.40. The zero-order valence-electron chi connectivity index (χ0n) is 25.9. The number of hydrogen-bond donors (Lipinski definition) is 0. The van der Waals surface area contributed by atoms with Gasteiger partial charge in [-0.3, -0.25) is 14.6 Å². The molecule has 0 aromatic rings. The summed E-state index contributed by atoms with van der Waals surface area (Å²) < 4.78 is 11.3. The van der Waals surface area contributed by atoms with Crippen LogP contribution in [0.5, 0.6) is 0 Å². The van der Waals surface area contributed by atoms with Gasteiger partial charge in [-0.1, -0.05) is 19.9 Å². The molecule has 0 radical (unpaired) electrons. The largest absolute Gasteiger partial charge is 0.462 e. The minimum atomic E-state index is -0.182. The molecular formula is C30H56N2O4. The first kappa shape index (κ1) is 32.6. The van der Waals surface area contributed by atoms with Gasteiger partial charge in [0, 0.05) is 53.4 Å². The molecule has 0 amide bonds. The Morgan fingerprint density at radius 3 is 1.44 bits per heavy atom. The maximum Gasteiger partial charge on any atom is 0.333 e. The second kappa shape index (κ2) is 12.0. The van der Waals surface area contributed by atoms with Crippen LogP contribution in [0, 0.1) is 5.92 Å². The van der Waals surface area contributed by atoms with Gasteiger partial charge >= 0.3 is 11.9 Å². The van der Waals surface area contributed by atoms with Crippen LogP contribution in [0.4, 0.5) is 0 Å². The molecule has 2 saturated heterocycles. The molecule has 2 heterocycles. The Morgan fingerprint density at radius 2 is 1.14 bits per heavy atom. The van der Waals surface area contributed by atoms with Crippen LogP contribution >= 0.6 is 0 Å². The lowest BCUT2D eigenvalue weighted by atomic mass is 9.78. The highest BCUT2D eigenvalue weighted by atomic mass is 16.5. The molecular weight excluding hydrogens is 452 g/mol. The van der Waals surface area contributed by atoms with E-state index in [1.54, 1.807) is 13.0 Å². The van der Waals surface area contributed by atoms with E-state index in [-0.39, 0.29) is 52.2 Å². The van der Waals surface area contributed by atoms with Crippen molar-refractivity contribution in [2.75, 3.05) is 14.1 Å². The summed E-state index contributed by atoms with van der Waals surface area (Å²) in [5.41, 5.74) is 0.932. The SMILES string of the molecule is CC=C(C)C(=O)OC1CC(C)(C)N(C)C(C)(C)C1.CCC(C)C(=O)OC1CC(C)(C)N(C)C(C)(C)C1. The summed E-state index contributed by atoms with van der Waals surface area (Å²) in [4.78, 5) is 28.5. The van der Waals surface area contributed by atoms with E-state index >= 15 is 0 Å². The van der Waals surface area contributed by atoms with E-state index in [2.05, 4.69) is 79.3 Å². The number of nitrogens with zero attached hydrogens (tertiary/aromatic N) is 2. The van der Waals surface area contributed by atoms with Crippen LogP contribution in [0.1, 0.15) is 115 Å². The maximum atomic E-state index is 11.9. The molecule has 1 atom stereocenters. The molecule has 0 saturated carbocycles. The molecule has 0 N–H and O–H groups in total. The lowest BCUT2D eigenvalue weighted by molar-refractivity contribution is -0.163. The summed E-state index contributed by atoms with van der Waals surface area (Å²) in [6.45, 7) is 25.3. The summed E-state index contributed by atoms with van der Waals surface area (Å²) in [6, 6.07) is 0. The van der Waals surface area contributed by atoms with Gasteiger partial charge in [-0.05, 0) is 89.8 Å². The van der Waals surface area contributed by atoms with E-state index in [0.717, 1.165) is 32.1 Å². The Kier molecular flexibility index (Phi) is 10.9. The summed E-state index contributed by atoms with van der Waals surface area (Å²) in [5, 5.41) is 0. The quantitative estimate of drug-likeness (QED) is 0.317. The molecule has 0 bridgehead atoms. The molecule has 210 valence electrons. The predicted molar refractivity (Wildman–Crippen MR) is 149 cm³/mol. The number of ether oxygens (including phenoxy) is 2. The van der Waals surface area contributed by atoms with Crippen molar-refractivity contribution in [3.8, 4) is 0 Å². The van der Waals surface area contributed by atoms with Crippen molar-refractivity contribution in [1.82, 2.24) is 9.80 Å². The summed E-state index contributed by atoms with van der Waals surface area (Å²) in [7, 11) is 4.31. The summed E-state index contributed by atoms with van der Waals surface area (Å²) in [5.74, 6) is -0.215. The fraction of sp³-hybridized carbons (Fsp3) is 0.867. The van der Waals surface area contributed by atoms with Gasteiger partial charge in [-0.15, -0.1) is 0 Å². The van der Waals surface area contributed by atoms with Crippen molar-refractivity contribution in [2.24, 2.45) is 5.92 Å². The Morgan fingerprint density at radius 1 is 0.806 bits per heavy atom. The first-order valence-electron chi connectivity index (χ1n) is 13.7. The van der Waals surface area contributed by atoms with Crippen LogP contribution in [-0.2, 0) is 19.1 Å². The highest BCUT2D eigenvalue weighted by Crippen LogP contribution is 2.39. The first-order chi connectivity index (χ1) is 16.2. The van der Waals surface area contributed by atoms with Gasteiger partial charge in [0.2, 0.25) is 0 Å². The van der Waals surface area contributed by atoms with Crippen molar-refractivity contribution in [3.05, 3.63) is 11.6 Å². The van der Waals surface area contributed by atoms with E-state index in [4.69, 9.17) is 9.47 Å². The highest BCUT2D eigenvalue weighted by molar-refractivity contribution is 5.87. The van der Waals surface area contributed by atoms with Gasteiger partial charge in [0.1, 0.15) is 12.2 Å². The highest BCUT2D eigenvalue weighted by Gasteiger charge is 2.45. The number of carbonyl (C=O) groups is 2. The molecule has 6 heteroatoms. The van der Waals surface area contributed by atoms with Gasteiger partial charge in [-0.25, -0.2) is 4.79 Å². The van der Waals surface area contributed by atoms with Gasteiger partial charge < -0.3 is 9.47 Å². The predicted octanol–water partition coefficient (Wildman–Crippen LogP) is 6.37. The van der Waals surface area contributed by atoms with Gasteiger partial charge in [0.25, 0.3) is 0 Å². The molecule has 0 aromatic carbocycles. The average molecular weight is 509 g/mol. The number of piperidine rings is 2. The van der Waals surface area contributed by atoms with Crippen LogP contribution in [-0.4, -0.2) is 70.2 Å². The minimum absolute atomic E-state index is 0.00796. The zero-order valence-corrected chi connectivity index (χ0v) is 25.9. The lowest BCUT2D eigenvalue weighted by Gasteiger charge is -2.53. The zero-order chi connectivity index (χ0) is 28.3. The summed E-state index contributed by atoms with van der Waals surface area (Å²) >= 11 is 0. The Bertz CT molecular complexity index is 761. The van der Waals surface area contributed by atoms with Crippen molar-refractivity contribution in [3.63, 3.8) is 0 Å². The van der Waals surface area contributed by atoms with Crippen LogP contribution in [0.15, 0.2) is 11.6 Å². The second-order valence-corrected chi connectivity index (χ2v) is 13.6. The van der Waals surface area contributed by atoms with E-state index in [0.29, 0.717) is 5.57 Å². The van der Waals surface area contributed by atoms with Gasteiger partial charge in [0.15, 0.2) is 0 Å². The van der Waals surface area contributed by atoms with Gasteiger partial charge in [-0.2, -0.15) is 0 Å². The fourth-order valence-corrected chi connectivity index (χ4v) is 5.54. The smallest absolute Gasteiger partial charge is 0.333 e. The lowest BCUT2D eigenvalue weighted by Crippen LogP contribution is -2.60. The van der Waals surface area contributed by atoms with Crippen molar-refractivity contribution < 1.29 is 19.1 Å². The number of hydrogen-bond acceptors (Lipinski definition) is 6. The molecule has 0 aromatic heterocycles. The average Bonchev–Trinajstić information content (AvgIpc) is 2.74. The van der Waals surface area contributed by atoms with E-state index in [1.807, 2.05) is 20.8 Å². The maximum absolute atomic E-state index is 11.9. The topological polar surface area (TPSA) is 59.1 Å². The number of allylic oxidation sites excluding steroid dienone is 1. The molecule has 2 aliphatic heterocycles. The molecule has 6 nitrogen and oxygen atoms in total. The van der Waals surface area contributed by atoms with Gasteiger partial charge in [0.05, 0.1) is 5.92 Å². The number of likely N-dealkylation sites (tertiary alicyclic amines) is 2. The fourth-order valence-electron chi connectivity index (χ4n) is 5.54. The Labute approximate surface area is 222 Å². The third-order valence-corrected chi connectivity index (χ3v) is 8.87. The van der Waals surface area contributed by atoms with E-state index in [9.17, 15) is 9.59 Å². The monoisotopic (exact) mass is 508 g/mol. The van der Waals surface area contributed by atoms with E-state index in [1.165, 1.54) is 0 Å². The van der Waals surface area contributed by atoms with E-state index < -0.39 is 0 Å². The van der Waals surface area contributed by atoms with Crippen molar-refractivity contribution >= 4 is 11.9 Å². The number of carbonyl (C=O) groups excluding carboxylic acids is 2. The van der Waals surface area contributed by atoms with Crippen LogP contribution in [0.25, 0.3) is 0 Å². The Balaban J connectivity index is 0.000000360. The molecule has 2 rings (SSSR count). The standard InChI is InChI=1S/C15H29NO2.C15H27NO2/c2*1-8-11(2)13(17)18-12-9-14(3,4)16(7)15(5,6)10-12/h11-12H,8-10H2,1-7H3;8,12H,9-10H2,1-7H3. The van der Waals surface area contributed by atoms with Crippen LogP contribution in [0.2, 0.25) is 0 Å². The normalized spacial score (nSPS) is 25.3. The molecule has 0 aliphatic carbocycles. The van der Waals surface area contributed by atoms with Crippen LogP contribution in [0.3, 0.4) is 0 Å². The number of esters is 2. The third-order valence-electron chi connectivity index (χ3n) is 8.87. The molecule has 0 spiro atoms. The summed E-state index contributed by atoms with van der Waals surface area (Å²) in [6.07, 6.45) is 6.29. The first-order valence-corrected chi connectivity index (χ1v) is 13.7. The molecule has 36 heavy (non-hydrogen) atoms. The second-order valence-electron chi connectivity index (χ2n) is 13.6. The van der Waals surface area contributed by atoms with Crippen molar-refractivity contribution in [2.45, 2.75) is 150 Å². The van der Waals surface area contributed by atoms with Crippen LogP contribution < -0.4 is 0 Å². The molecule has 2 fully saturated rings. The third kappa shape index (κ3) is 8.31.